The Bertz CT molecular complexity index is 484. The molecule has 0 saturated carbocycles. The molecule has 1 unspecified atom stereocenters. The zero-order valence-corrected chi connectivity index (χ0v) is 10.3. The second kappa shape index (κ2) is 5.80. The van der Waals surface area contributed by atoms with Gasteiger partial charge in [-0.2, -0.15) is 5.10 Å². The van der Waals surface area contributed by atoms with Gasteiger partial charge in [0.2, 0.25) is 0 Å². The molecule has 1 atom stereocenters. The van der Waals surface area contributed by atoms with Crippen LogP contribution >= 0.6 is 12.4 Å². The van der Waals surface area contributed by atoms with Crippen molar-refractivity contribution in [2.24, 2.45) is 5.73 Å². The monoisotopic (exact) mass is 255 g/mol. The molecule has 1 heterocycles. The van der Waals surface area contributed by atoms with Crippen LogP contribution in [0.1, 0.15) is 17.2 Å². The molecule has 5 heteroatoms. The van der Waals surface area contributed by atoms with Crippen LogP contribution in [-0.4, -0.2) is 16.3 Å². The minimum absolute atomic E-state index is 0. The smallest absolute Gasteiger partial charge is 0.123 e. The van der Waals surface area contributed by atoms with Crippen molar-refractivity contribution in [1.29, 1.82) is 0 Å². The maximum absolute atomic E-state index is 13.1. The van der Waals surface area contributed by atoms with Crippen LogP contribution in [0.3, 0.4) is 0 Å². The topological polar surface area (TPSA) is 43.8 Å². The van der Waals surface area contributed by atoms with E-state index in [1.165, 1.54) is 12.1 Å². The van der Waals surface area contributed by atoms with Crippen molar-refractivity contribution in [3.8, 4) is 0 Å². The summed E-state index contributed by atoms with van der Waals surface area (Å²) in [5.74, 6) is -0.250. The van der Waals surface area contributed by atoms with Crippen molar-refractivity contribution in [2.75, 3.05) is 6.54 Å². The SMILES string of the molecule is Cc1cnn(C(CN)c2cccc(F)c2)c1.Cl. The van der Waals surface area contributed by atoms with Crippen LogP contribution in [0.5, 0.6) is 0 Å². The lowest BCUT2D eigenvalue weighted by Gasteiger charge is -2.15. The first-order valence-corrected chi connectivity index (χ1v) is 5.17. The summed E-state index contributed by atoms with van der Waals surface area (Å²) in [6.45, 7) is 2.35. The molecular weight excluding hydrogens is 241 g/mol. The third kappa shape index (κ3) is 3.05. The van der Waals surface area contributed by atoms with Gasteiger partial charge in [-0.3, -0.25) is 4.68 Å². The number of benzene rings is 1. The quantitative estimate of drug-likeness (QED) is 0.915. The van der Waals surface area contributed by atoms with Gasteiger partial charge in [0, 0.05) is 12.7 Å². The Labute approximate surface area is 106 Å². The van der Waals surface area contributed by atoms with Crippen molar-refractivity contribution in [3.05, 3.63) is 53.6 Å². The van der Waals surface area contributed by atoms with Gasteiger partial charge in [0.05, 0.1) is 12.2 Å². The number of hydrogen-bond donors (Lipinski definition) is 1. The minimum atomic E-state index is -0.250. The maximum Gasteiger partial charge on any atom is 0.123 e. The van der Waals surface area contributed by atoms with Crippen LogP contribution in [0, 0.1) is 12.7 Å². The maximum atomic E-state index is 13.1. The molecule has 2 N–H and O–H groups in total. The molecule has 0 spiro atoms. The molecule has 1 aromatic heterocycles. The number of nitrogens with two attached hydrogens (primary N) is 1. The summed E-state index contributed by atoms with van der Waals surface area (Å²) in [6, 6.07) is 6.35. The van der Waals surface area contributed by atoms with Gasteiger partial charge < -0.3 is 5.73 Å². The number of nitrogens with zero attached hydrogens (tertiary/aromatic N) is 2. The highest BCUT2D eigenvalue weighted by Gasteiger charge is 2.12. The van der Waals surface area contributed by atoms with E-state index < -0.39 is 0 Å². The zero-order valence-electron chi connectivity index (χ0n) is 9.51. The van der Waals surface area contributed by atoms with Crippen LogP contribution < -0.4 is 5.73 Å². The van der Waals surface area contributed by atoms with Gasteiger partial charge in [-0.05, 0) is 30.2 Å². The second-order valence-corrected chi connectivity index (χ2v) is 3.80. The average molecular weight is 256 g/mol. The molecule has 0 saturated heterocycles. The summed E-state index contributed by atoms with van der Waals surface area (Å²) in [6.07, 6.45) is 3.67. The summed E-state index contributed by atoms with van der Waals surface area (Å²) in [5, 5.41) is 4.21. The number of aromatic nitrogens is 2. The highest BCUT2D eigenvalue weighted by atomic mass is 35.5. The molecule has 1 aromatic carbocycles. The minimum Gasteiger partial charge on any atom is -0.328 e. The largest absolute Gasteiger partial charge is 0.328 e. The summed E-state index contributed by atoms with van der Waals surface area (Å²) in [5.41, 5.74) is 7.62. The fourth-order valence-electron chi connectivity index (χ4n) is 1.71. The molecule has 0 amide bonds. The van der Waals surface area contributed by atoms with E-state index >= 15 is 0 Å². The van der Waals surface area contributed by atoms with Gasteiger partial charge in [0.25, 0.3) is 0 Å². The number of aryl methyl sites for hydroxylation is 1. The average Bonchev–Trinajstić information content (AvgIpc) is 2.66. The Balaban J connectivity index is 0.00000144. The third-order valence-electron chi connectivity index (χ3n) is 2.51. The Morgan fingerprint density at radius 1 is 1.47 bits per heavy atom. The molecule has 0 aliphatic carbocycles. The molecule has 0 bridgehead atoms. The lowest BCUT2D eigenvalue weighted by Crippen LogP contribution is -2.20. The van der Waals surface area contributed by atoms with Crippen LogP contribution in [0.2, 0.25) is 0 Å². The van der Waals surface area contributed by atoms with E-state index in [-0.39, 0.29) is 24.3 Å². The molecule has 0 fully saturated rings. The lowest BCUT2D eigenvalue weighted by atomic mass is 10.1. The number of rotatable bonds is 3. The highest BCUT2D eigenvalue weighted by molar-refractivity contribution is 5.85. The number of hydrogen-bond acceptors (Lipinski definition) is 2. The summed E-state index contributed by atoms with van der Waals surface area (Å²) < 4.78 is 14.9. The summed E-state index contributed by atoms with van der Waals surface area (Å²) >= 11 is 0. The van der Waals surface area contributed by atoms with Crippen molar-refractivity contribution < 1.29 is 4.39 Å². The van der Waals surface area contributed by atoms with Crippen LogP contribution in [0.15, 0.2) is 36.7 Å². The van der Waals surface area contributed by atoms with Crippen LogP contribution in [0.4, 0.5) is 4.39 Å². The van der Waals surface area contributed by atoms with E-state index in [0.717, 1.165) is 11.1 Å². The molecule has 0 radical (unpaired) electrons. The first-order valence-electron chi connectivity index (χ1n) is 5.17. The first kappa shape index (κ1) is 13.7. The van der Waals surface area contributed by atoms with Crippen molar-refractivity contribution in [3.63, 3.8) is 0 Å². The van der Waals surface area contributed by atoms with E-state index in [2.05, 4.69) is 5.10 Å². The zero-order chi connectivity index (χ0) is 11.5. The predicted molar refractivity (Wildman–Crippen MR) is 67.8 cm³/mol. The van der Waals surface area contributed by atoms with Gasteiger partial charge >= 0.3 is 0 Å². The Morgan fingerprint density at radius 3 is 2.76 bits per heavy atom. The van der Waals surface area contributed by atoms with E-state index in [0.29, 0.717) is 6.54 Å². The highest BCUT2D eigenvalue weighted by Crippen LogP contribution is 2.17. The van der Waals surface area contributed by atoms with E-state index in [9.17, 15) is 4.39 Å². The van der Waals surface area contributed by atoms with Gasteiger partial charge in [-0.15, -0.1) is 12.4 Å². The molecular formula is C12H15ClFN3. The summed E-state index contributed by atoms with van der Waals surface area (Å²) in [7, 11) is 0. The Kier molecular flexibility index (Phi) is 4.66. The lowest BCUT2D eigenvalue weighted by molar-refractivity contribution is 0.526. The molecule has 92 valence electrons. The third-order valence-corrected chi connectivity index (χ3v) is 2.51. The van der Waals surface area contributed by atoms with Gasteiger partial charge in [0.15, 0.2) is 0 Å². The standard InChI is InChI=1S/C12H14FN3.ClH/c1-9-7-15-16(8-9)12(6-14)10-3-2-4-11(13)5-10;/h2-5,7-8,12H,6,14H2,1H3;1H. The molecule has 0 aliphatic rings. The normalized spacial score (nSPS) is 11.9. The first-order chi connectivity index (χ1) is 7.70. The van der Waals surface area contributed by atoms with Gasteiger partial charge in [0.1, 0.15) is 5.82 Å². The molecule has 0 aliphatic heterocycles. The predicted octanol–water partition coefficient (Wildman–Crippen LogP) is 2.30. The molecule has 3 nitrogen and oxygen atoms in total. The Hall–Kier alpha value is -1.39. The fraction of sp³-hybridized carbons (Fsp3) is 0.250. The van der Waals surface area contributed by atoms with Crippen LogP contribution in [0.25, 0.3) is 0 Å². The van der Waals surface area contributed by atoms with Crippen molar-refractivity contribution >= 4 is 12.4 Å². The molecule has 2 rings (SSSR count). The van der Waals surface area contributed by atoms with E-state index in [4.69, 9.17) is 5.73 Å². The second-order valence-electron chi connectivity index (χ2n) is 3.80. The van der Waals surface area contributed by atoms with Gasteiger partial charge in [-0.25, -0.2) is 4.39 Å². The number of halogens is 2. The van der Waals surface area contributed by atoms with Gasteiger partial charge in [-0.1, -0.05) is 12.1 Å². The van der Waals surface area contributed by atoms with Crippen LogP contribution in [-0.2, 0) is 0 Å². The fourth-order valence-corrected chi connectivity index (χ4v) is 1.71. The van der Waals surface area contributed by atoms with E-state index in [1.54, 1.807) is 16.9 Å². The van der Waals surface area contributed by atoms with Crippen molar-refractivity contribution in [1.82, 2.24) is 9.78 Å². The molecule has 17 heavy (non-hydrogen) atoms. The molecule has 2 aromatic rings. The van der Waals surface area contributed by atoms with E-state index in [1.807, 2.05) is 19.2 Å². The van der Waals surface area contributed by atoms with Crippen molar-refractivity contribution in [2.45, 2.75) is 13.0 Å². The Morgan fingerprint density at radius 2 is 2.24 bits per heavy atom. The summed E-state index contributed by atoms with van der Waals surface area (Å²) in [4.78, 5) is 0.